The van der Waals surface area contributed by atoms with E-state index in [-0.39, 0.29) is 11.8 Å². The number of aryl methyl sites for hydroxylation is 3. The fourth-order valence-electron chi connectivity index (χ4n) is 3.82. The van der Waals surface area contributed by atoms with Crippen LogP contribution >= 0.6 is 0 Å². The second kappa shape index (κ2) is 7.82. The molecule has 0 atom stereocenters. The first kappa shape index (κ1) is 19.0. The van der Waals surface area contributed by atoms with Crippen molar-refractivity contribution in [2.24, 2.45) is 0 Å². The van der Waals surface area contributed by atoms with Crippen molar-refractivity contribution in [3.05, 3.63) is 58.7 Å². The maximum atomic E-state index is 12.6. The van der Waals surface area contributed by atoms with Crippen LogP contribution in [0.1, 0.15) is 34.0 Å². The molecular weight excluding hydrogens is 338 g/mol. The molecule has 5 heteroatoms. The lowest BCUT2D eigenvalue weighted by atomic mass is 10.0. The SMILES string of the molecule is CC(=O)c1cccc(NC(=O)N2CCN(c3c(C)cc(C)cc3C)CC2)c1. The number of nitrogens with one attached hydrogen (secondary N) is 1. The zero-order valence-electron chi connectivity index (χ0n) is 16.5. The van der Waals surface area contributed by atoms with Crippen LogP contribution in [0, 0.1) is 20.8 Å². The van der Waals surface area contributed by atoms with Crippen molar-refractivity contribution in [1.82, 2.24) is 4.90 Å². The van der Waals surface area contributed by atoms with Crippen LogP contribution in [0.2, 0.25) is 0 Å². The summed E-state index contributed by atoms with van der Waals surface area (Å²) in [7, 11) is 0. The van der Waals surface area contributed by atoms with E-state index in [1.165, 1.54) is 29.3 Å². The van der Waals surface area contributed by atoms with Crippen molar-refractivity contribution in [3.8, 4) is 0 Å². The molecule has 0 aliphatic carbocycles. The van der Waals surface area contributed by atoms with Gasteiger partial charge in [-0.15, -0.1) is 0 Å². The number of anilines is 2. The topological polar surface area (TPSA) is 52.7 Å². The molecule has 2 amide bonds. The molecule has 0 aromatic heterocycles. The fourth-order valence-corrected chi connectivity index (χ4v) is 3.82. The normalized spacial score (nSPS) is 14.2. The molecule has 1 aliphatic rings. The molecule has 5 nitrogen and oxygen atoms in total. The summed E-state index contributed by atoms with van der Waals surface area (Å²) < 4.78 is 0. The van der Waals surface area contributed by atoms with Crippen molar-refractivity contribution in [2.75, 3.05) is 36.4 Å². The first-order chi connectivity index (χ1) is 12.8. The van der Waals surface area contributed by atoms with Gasteiger partial charge in [-0.1, -0.05) is 29.8 Å². The molecule has 1 N–H and O–H groups in total. The van der Waals surface area contributed by atoms with E-state index in [2.05, 4.69) is 43.1 Å². The van der Waals surface area contributed by atoms with Crippen molar-refractivity contribution >= 4 is 23.2 Å². The number of amides is 2. The number of carbonyl (C=O) groups is 2. The first-order valence-corrected chi connectivity index (χ1v) is 9.35. The van der Waals surface area contributed by atoms with Gasteiger partial charge in [-0.2, -0.15) is 0 Å². The summed E-state index contributed by atoms with van der Waals surface area (Å²) in [5, 5.41) is 2.91. The molecule has 0 radical (unpaired) electrons. The first-order valence-electron chi connectivity index (χ1n) is 9.35. The second-order valence-electron chi connectivity index (χ2n) is 7.29. The highest BCUT2D eigenvalue weighted by Gasteiger charge is 2.23. The van der Waals surface area contributed by atoms with Gasteiger partial charge in [-0.05, 0) is 51.0 Å². The molecule has 142 valence electrons. The molecule has 3 rings (SSSR count). The highest BCUT2D eigenvalue weighted by Crippen LogP contribution is 2.27. The molecule has 0 unspecified atom stereocenters. The van der Waals surface area contributed by atoms with Crippen molar-refractivity contribution in [1.29, 1.82) is 0 Å². The van der Waals surface area contributed by atoms with Crippen LogP contribution in [0.25, 0.3) is 0 Å². The summed E-state index contributed by atoms with van der Waals surface area (Å²) in [5.74, 6) is -0.0106. The van der Waals surface area contributed by atoms with E-state index in [1.807, 2.05) is 4.90 Å². The van der Waals surface area contributed by atoms with E-state index in [0.29, 0.717) is 24.3 Å². The summed E-state index contributed by atoms with van der Waals surface area (Å²) in [4.78, 5) is 28.3. The highest BCUT2D eigenvalue weighted by atomic mass is 16.2. The zero-order chi connectivity index (χ0) is 19.6. The molecule has 1 aliphatic heterocycles. The molecule has 2 aromatic carbocycles. The maximum absolute atomic E-state index is 12.6. The van der Waals surface area contributed by atoms with E-state index in [1.54, 1.807) is 24.3 Å². The lowest BCUT2D eigenvalue weighted by Gasteiger charge is -2.37. The van der Waals surface area contributed by atoms with Crippen LogP contribution in [0.5, 0.6) is 0 Å². The van der Waals surface area contributed by atoms with Crippen molar-refractivity contribution in [3.63, 3.8) is 0 Å². The molecule has 1 saturated heterocycles. The Hall–Kier alpha value is -2.82. The van der Waals surface area contributed by atoms with Crippen molar-refractivity contribution in [2.45, 2.75) is 27.7 Å². The number of carbonyl (C=O) groups excluding carboxylic acids is 2. The fraction of sp³-hybridized carbons (Fsp3) is 0.364. The average Bonchev–Trinajstić information content (AvgIpc) is 2.61. The van der Waals surface area contributed by atoms with Gasteiger partial charge in [0.1, 0.15) is 0 Å². The molecule has 0 saturated carbocycles. The third kappa shape index (κ3) is 4.30. The Morgan fingerprint density at radius 2 is 1.56 bits per heavy atom. The smallest absolute Gasteiger partial charge is 0.321 e. The van der Waals surface area contributed by atoms with Gasteiger partial charge in [-0.3, -0.25) is 4.79 Å². The minimum atomic E-state index is -0.118. The maximum Gasteiger partial charge on any atom is 0.321 e. The van der Waals surface area contributed by atoms with Gasteiger partial charge >= 0.3 is 6.03 Å². The largest absolute Gasteiger partial charge is 0.368 e. The number of Topliss-reactive ketones (excluding diaryl/α,β-unsaturated/α-hetero) is 1. The number of benzene rings is 2. The summed E-state index contributed by atoms with van der Waals surface area (Å²) in [5.41, 5.74) is 6.38. The van der Waals surface area contributed by atoms with Gasteiger partial charge in [0.25, 0.3) is 0 Å². The lowest BCUT2D eigenvalue weighted by molar-refractivity contribution is 0.101. The van der Waals surface area contributed by atoms with Crippen LogP contribution in [0.4, 0.5) is 16.2 Å². The molecule has 1 fully saturated rings. The third-order valence-electron chi connectivity index (χ3n) is 5.04. The number of rotatable bonds is 3. The van der Waals surface area contributed by atoms with Gasteiger partial charge in [0.2, 0.25) is 0 Å². The van der Waals surface area contributed by atoms with Crippen LogP contribution in [0.3, 0.4) is 0 Å². The minimum absolute atomic E-state index is 0.0106. The molecule has 2 aromatic rings. The Kier molecular flexibility index (Phi) is 5.49. The predicted octanol–water partition coefficient (Wildman–Crippen LogP) is 4.17. The van der Waals surface area contributed by atoms with Gasteiger partial charge in [0, 0.05) is 43.1 Å². The molecule has 0 spiro atoms. The van der Waals surface area contributed by atoms with Crippen molar-refractivity contribution < 1.29 is 9.59 Å². The van der Waals surface area contributed by atoms with Crippen LogP contribution in [-0.4, -0.2) is 42.9 Å². The summed E-state index contributed by atoms with van der Waals surface area (Å²) in [6, 6.07) is 11.4. The van der Waals surface area contributed by atoms with Crippen LogP contribution < -0.4 is 10.2 Å². The molecule has 0 bridgehead atoms. The molecular formula is C22H27N3O2. The highest BCUT2D eigenvalue weighted by molar-refractivity contribution is 5.96. The Morgan fingerprint density at radius 3 is 2.15 bits per heavy atom. The van der Waals surface area contributed by atoms with E-state index in [4.69, 9.17) is 0 Å². The zero-order valence-corrected chi connectivity index (χ0v) is 16.5. The summed E-state index contributed by atoms with van der Waals surface area (Å²) in [6.07, 6.45) is 0. The van der Waals surface area contributed by atoms with E-state index >= 15 is 0 Å². The Labute approximate surface area is 161 Å². The number of urea groups is 1. The van der Waals surface area contributed by atoms with Crippen LogP contribution in [0.15, 0.2) is 36.4 Å². The van der Waals surface area contributed by atoms with Gasteiger partial charge in [-0.25, -0.2) is 4.79 Å². The monoisotopic (exact) mass is 365 g/mol. The number of nitrogens with zero attached hydrogens (tertiary/aromatic N) is 2. The summed E-state index contributed by atoms with van der Waals surface area (Å²) in [6.45, 7) is 10.9. The lowest BCUT2D eigenvalue weighted by Crippen LogP contribution is -2.50. The van der Waals surface area contributed by atoms with E-state index < -0.39 is 0 Å². The molecule has 1 heterocycles. The average molecular weight is 365 g/mol. The Balaban J connectivity index is 1.63. The van der Waals surface area contributed by atoms with E-state index in [0.717, 1.165) is 13.1 Å². The Bertz CT molecular complexity index is 845. The number of hydrogen-bond donors (Lipinski definition) is 1. The minimum Gasteiger partial charge on any atom is -0.368 e. The quantitative estimate of drug-likeness (QED) is 0.831. The Morgan fingerprint density at radius 1 is 0.926 bits per heavy atom. The van der Waals surface area contributed by atoms with E-state index in [9.17, 15) is 9.59 Å². The van der Waals surface area contributed by atoms with Gasteiger partial charge < -0.3 is 15.1 Å². The second-order valence-corrected chi connectivity index (χ2v) is 7.29. The van der Waals surface area contributed by atoms with Gasteiger partial charge in [0.05, 0.1) is 0 Å². The predicted molar refractivity (Wildman–Crippen MR) is 110 cm³/mol. The number of ketones is 1. The third-order valence-corrected chi connectivity index (χ3v) is 5.04. The number of piperazine rings is 1. The standard InChI is InChI=1S/C22H27N3O2/c1-15-12-16(2)21(17(3)13-15)24-8-10-25(11-9-24)22(27)23-20-7-5-6-19(14-20)18(4)26/h5-7,12-14H,8-11H2,1-4H3,(H,23,27). The number of hydrogen-bond acceptors (Lipinski definition) is 3. The van der Waals surface area contributed by atoms with Gasteiger partial charge in [0.15, 0.2) is 5.78 Å². The van der Waals surface area contributed by atoms with Crippen LogP contribution in [-0.2, 0) is 0 Å². The molecule has 27 heavy (non-hydrogen) atoms. The summed E-state index contributed by atoms with van der Waals surface area (Å²) >= 11 is 0.